The smallest absolute Gasteiger partial charge is 0.0543 e. The van der Waals surface area contributed by atoms with Crippen molar-refractivity contribution in [3.63, 3.8) is 0 Å². The standard InChI is InChI=1S/C13H18O/c14-13-8-4-7-12(10-13)9-11-5-2-1-3-6-11/h1-3,5-6,12-14H,4,7-10H2/t12-,13-/m1/s1. The number of rotatable bonds is 2. The van der Waals surface area contributed by atoms with Gasteiger partial charge in [-0.3, -0.25) is 0 Å². The van der Waals surface area contributed by atoms with Crippen molar-refractivity contribution >= 4 is 0 Å². The SMILES string of the molecule is O[C@@H]1CCC[C@H](Cc2ccccc2)C1. The number of benzene rings is 1. The maximum Gasteiger partial charge on any atom is 0.0543 e. The summed E-state index contributed by atoms with van der Waals surface area (Å²) in [6, 6.07) is 10.6. The minimum Gasteiger partial charge on any atom is -0.393 e. The van der Waals surface area contributed by atoms with Gasteiger partial charge in [-0.2, -0.15) is 0 Å². The van der Waals surface area contributed by atoms with E-state index in [2.05, 4.69) is 30.3 Å². The fourth-order valence-electron chi connectivity index (χ4n) is 2.40. The van der Waals surface area contributed by atoms with Crippen molar-refractivity contribution in [2.45, 2.75) is 38.2 Å². The zero-order valence-corrected chi connectivity index (χ0v) is 8.52. The second-order valence-electron chi connectivity index (χ2n) is 4.38. The van der Waals surface area contributed by atoms with Gasteiger partial charge < -0.3 is 5.11 Å². The van der Waals surface area contributed by atoms with Gasteiger partial charge in [-0.1, -0.05) is 36.8 Å². The number of aliphatic hydroxyl groups excluding tert-OH is 1. The van der Waals surface area contributed by atoms with Crippen LogP contribution in [0.15, 0.2) is 30.3 Å². The Balaban J connectivity index is 1.91. The molecule has 0 heterocycles. The molecule has 1 aromatic rings. The van der Waals surface area contributed by atoms with Crippen LogP contribution >= 0.6 is 0 Å². The lowest BCUT2D eigenvalue weighted by atomic mass is 9.83. The summed E-state index contributed by atoms with van der Waals surface area (Å²) >= 11 is 0. The van der Waals surface area contributed by atoms with E-state index in [1.807, 2.05) is 0 Å². The third kappa shape index (κ3) is 2.58. The largest absolute Gasteiger partial charge is 0.393 e. The Bertz CT molecular complexity index is 268. The molecular formula is C13H18O. The van der Waals surface area contributed by atoms with Crippen LogP contribution in [-0.4, -0.2) is 11.2 Å². The Labute approximate surface area is 85.8 Å². The highest BCUT2D eigenvalue weighted by molar-refractivity contribution is 5.15. The fraction of sp³-hybridized carbons (Fsp3) is 0.538. The van der Waals surface area contributed by atoms with Gasteiger partial charge in [-0.15, -0.1) is 0 Å². The Kier molecular flexibility index (Phi) is 3.20. The molecule has 2 atom stereocenters. The van der Waals surface area contributed by atoms with Crippen LogP contribution in [0.3, 0.4) is 0 Å². The topological polar surface area (TPSA) is 20.2 Å². The second kappa shape index (κ2) is 4.61. The highest BCUT2D eigenvalue weighted by Crippen LogP contribution is 2.27. The maximum atomic E-state index is 9.56. The average molecular weight is 190 g/mol. The summed E-state index contributed by atoms with van der Waals surface area (Å²) < 4.78 is 0. The minimum atomic E-state index is -0.0440. The lowest BCUT2D eigenvalue weighted by molar-refractivity contribution is 0.101. The normalized spacial score (nSPS) is 27.5. The molecule has 1 saturated carbocycles. The number of hydrogen-bond acceptors (Lipinski definition) is 1. The van der Waals surface area contributed by atoms with Gasteiger partial charge in [0.05, 0.1) is 6.10 Å². The zero-order valence-electron chi connectivity index (χ0n) is 8.52. The molecule has 1 N–H and O–H groups in total. The summed E-state index contributed by atoms with van der Waals surface area (Å²) in [6.07, 6.45) is 5.57. The summed E-state index contributed by atoms with van der Waals surface area (Å²) in [7, 11) is 0. The molecule has 0 spiro atoms. The second-order valence-corrected chi connectivity index (χ2v) is 4.38. The van der Waals surface area contributed by atoms with Crippen LogP contribution in [0.25, 0.3) is 0 Å². The summed E-state index contributed by atoms with van der Waals surface area (Å²) in [5.74, 6) is 0.696. The highest BCUT2D eigenvalue weighted by atomic mass is 16.3. The van der Waals surface area contributed by atoms with Gasteiger partial charge in [-0.25, -0.2) is 0 Å². The Morgan fingerprint density at radius 1 is 1.14 bits per heavy atom. The van der Waals surface area contributed by atoms with Crippen molar-refractivity contribution in [2.24, 2.45) is 5.92 Å². The van der Waals surface area contributed by atoms with Crippen LogP contribution < -0.4 is 0 Å². The summed E-state index contributed by atoms with van der Waals surface area (Å²) in [6.45, 7) is 0. The molecule has 1 nitrogen and oxygen atoms in total. The van der Waals surface area contributed by atoms with E-state index < -0.39 is 0 Å². The maximum absolute atomic E-state index is 9.56. The predicted octanol–water partition coefficient (Wildman–Crippen LogP) is 2.78. The van der Waals surface area contributed by atoms with Crippen molar-refractivity contribution in [3.8, 4) is 0 Å². The Morgan fingerprint density at radius 2 is 1.93 bits per heavy atom. The third-order valence-corrected chi connectivity index (χ3v) is 3.12. The molecule has 1 aliphatic carbocycles. The van der Waals surface area contributed by atoms with Crippen molar-refractivity contribution in [1.29, 1.82) is 0 Å². The number of aliphatic hydroxyl groups is 1. The van der Waals surface area contributed by atoms with Crippen LogP contribution in [-0.2, 0) is 6.42 Å². The van der Waals surface area contributed by atoms with E-state index in [0.29, 0.717) is 5.92 Å². The predicted molar refractivity (Wildman–Crippen MR) is 58.1 cm³/mol. The monoisotopic (exact) mass is 190 g/mol. The van der Waals surface area contributed by atoms with Gasteiger partial charge in [-0.05, 0) is 37.2 Å². The highest BCUT2D eigenvalue weighted by Gasteiger charge is 2.19. The molecule has 0 unspecified atom stereocenters. The first-order valence-corrected chi connectivity index (χ1v) is 5.56. The van der Waals surface area contributed by atoms with E-state index >= 15 is 0 Å². The third-order valence-electron chi connectivity index (χ3n) is 3.12. The fourth-order valence-corrected chi connectivity index (χ4v) is 2.40. The van der Waals surface area contributed by atoms with Crippen LogP contribution in [0.2, 0.25) is 0 Å². The molecule has 0 amide bonds. The summed E-state index contributed by atoms with van der Waals surface area (Å²) in [5, 5.41) is 9.56. The summed E-state index contributed by atoms with van der Waals surface area (Å²) in [5.41, 5.74) is 1.41. The van der Waals surface area contributed by atoms with Gasteiger partial charge in [0.15, 0.2) is 0 Å². The van der Waals surface area contributed by atoms with Crippen molar-refractivity contribution < 1.29 is 5.11 Å². The first kappa shape index (κ1) is 9.72. The van der Waals surface area contributed by atoms with Crippen molar-refractivity contribution in [3.05, 3.63) is 35.9 Å². The molecule has 0 radical (unpaired) electrons. The molecule has 1 heteroatoms. The van der Waals surface area contributed by atoms with E-state index in [-0.39, 0.29) is 6.10 Å². The first-order chi connectivity index (χ1) is 6.84. The molecule has 2 rings (SSSR count). The van der Waals surface area contributed by atoms with Crippen LogP contribution in [0.4, 0.5) is 0 Å². The lowest BCUT2D eigenvalue weighted by Gasteiger charge is -2.25. The van der Waals surface area contributed by atoms with Gasteiger partial charge in [0, 0.05) is 0 Å². The molecular weight excluding hydrogens is 172 g/mol. The molecule has 14 heavy (non-hydrogen) atoms. The zero-order chi connectivity index (χ0) is 9.80. The molecule has 76 valence electrons. The molecule has 0 bridgehead atoms. The molecule has 1 aromatic carbocycles. The van der Waals surface area contributed by atoms with Gasteiger partial charge >= 0.3 is 0 Å². The quantitative estimate of drug-likeness (QED) is 0.760. The lowest BCUT2D eigenvalue weighted by Crippen LogP contribution is -2.20. The van der Waals surface area contributed by atoms with E-state index in [4.69, 9.17) is 0 Å². The van der Waals surface area contributed by atoms with E-state index in [0.717, 1.165) is 19.3 Å². The van der Waals surface area contributed by atoms with Gasteiger partial charge in [0.25, 0.3) is 0 Å². The Morgan fingerprint density at radius 3 is 2.64 bits per heavy atom. The molecule has 0 aromatic heterocycles. The van der Waals surface area contributed by atoms with E-state index in [1.54, 1.807) is 0 Å². The van der Waals surface area contributed by atoms with Crippen LogP contribution in [0.5, 0.6) is 0 Å². The average Bonchev–Trinajstić information content (AvgIpc) is 2.19. The summed E-state index contributed by atoms with van der Waals surface area (Å²) in [4.78, 5) is 0. The van der Waals surface area contributed by atoms with Crippen LogP contribution in [0, 0.1) is 5.92 Å². The van der Waals surface area contributed by atoms with Crippen LogP contribution in [0.1, 0.15) is 31.2 Å². The first-order valence-electron chi connectivity index (χ1n) is 5.56. The van der Waals surface area contributed by atoms with Crippen molar-refractivity contribution in [2.75, 3.05) is 0 Å². The minimum absolute atomic E-state index is 0.0440. The van der Waals surface area contributed by atoms with Gasteiger partial charge in [0.1, 0.15) is 0 Å². The van der Waals surface area contributed by atoms with Crippen molar-refractivity contribution in [1.82, 2.24) is 0 Å². The molecule has 0 saturated heterocycles. The molecule has 0 aliphatic heterocycles. The molecule has 1 fully saturated rings. The van der Waals surface area contributed by atoms with Gasteiger partial charge in [0.2, 0.25) is 0 Å². The van der Waals surface area contributed by atoms with E-state index in [9.17, 15) is 5.11 Å². The van der Waals surface area contributed by atoms with E-state index in [1.165, 1.54) is 18.4 Å². The molecule has 1 aliphatic rings. The Hall–Kier alpha value is -0.820. The number of hydrogen-bond donors (Lipinski definition) is 1.